The van der Waals surface area contributed by atoms with Gasteiger partial charge in [-0.25, -0.2) is 15.8 Å². The van der Waals surface area contributed by atoms with E-state index >= 15 is 0 Å². The van der Waals surface area contributed by atoms with Gasteiger partial charge in [0.05, 0.1) is 6.54 Å². The minimum atomic E-state index is 0.664. The first-order chi connectivity index (χ1) is 9.88. The molecule has 0 spiro atoms. The lowest BCUT2D eigenvalue weighted by Crippen LogP contribution is -2.12. The van der Waals surface area contributed by atoms with E-state index < -0.39 is 0 Å². The van der Waals surface area contributed by atoms with Gasteiger partial charge in [0.2, 0.25) is 0 Å². The van der Waals surface area contributed by atoms with Crippen molar-refractivity contribution in [3.8, 4) is 11.4 Å². The normalized spacial score (nSPS) is 10.4. The third-order valence-corrected chi connectivity index (χ3v) is 3.12. The van der Waals surface area contributed by atoms with Crippen molar-refractivity contribution in [2.45, 2.75) is 6.54 Å². The number of benzene rings is 1. The van der Waals surface area contributed by atoms with Gasteiger partial charge in [-0.1, -0.05) is 36.4 Å². The molecule has 0 unspecified atom stereocenters. The molecule has 0 aliphatic rings. The van der Waals surface area contributed by atoms with E-state index in [-0.39, 0.29) is 0 Å². The fourth-order valence-electron chi connectivity index (χ4n) is 2.16. The van der Waals surface area contributed by atoms with Crippen LogP contribution in [-0.2, 0) is 6.54 Å². The Labute approximate surface area is 117 Å². The number of nitrogens with one attached hydrogen (secondary N) is 1. The number of pyridine rings is 1. The first-order valence-electron chi connectivity index (χ1n) is 6.35. The van der Waals surface area contributed by atoms with E-state index in [9.17, 15) is 0 Å². The lowest BCUT2D eigenvalue weighted by molar-refractivity contribution is 0.803. The monoisotopic (exact) mass is 265 g/mol. The average molecular weight is 265 g/mol. The number of nitrogen functional groups attached to an aromatic ring is 1. The second-order valence-corrected chi connectivity index (χ2v) is 4.40. The minimum Gasteiger partial charge on any atom is -0.326 e. The predicted molar refractivity (Wildman–Crippen MR) is 78.8 cm³/mol. The number of nitrogens with zero attached hydrogens (tertiary/aromatic N) is 3. The number of hydrogen-bond acceptors (Lipinski definition) is 4. The fraction of sp³-hybridized carbons (Fsp3) is 0.0667. The van der Waals surface area contributed by atoms with Gasteiger partial charge >= 0.3 is 0 Å². The van der Waals surface area contributed by atoms with Crippen molar-refractivity contribution in [1.29, 1.82) is 0 Å². The molecular formula is C15H15N5. The summed E-state index contributed by atoms with van der Waals surface area (Å²) >= 11 is 0. The molecule has 3 N–H and O–H groups in total. The summed E-state index contributed by atoms with van der Waals surface area (Å²) in [6.07, 6.45) is 5.47. The van der Waals surface area contributed by atoms with E-state index in [0.717, 1.165) is 17.0 Å². The number of hydrazine groups is 1. The van der Waals surface area contributed by atoms with Crippen molar-refractivity contribution in [2.24, 2.45) is 5.84 Å². The highest BCUT2D eigenvalue weighted by molar-refractivity contribution is 5.55. The Morgan fingerprint density at radius 1 is 1.00 bits per heavy atom. The second kappa shape index (κ2) is 5.54. The zero-order chi connectivity index (χ0) is 13.8. The van der Waals surface area contributed by atoms with Crippen LogP contribution in [0.15, 0.2) is 61.1 Å². The van der Waals surface area contributed by atoms with E-state index in [1.807, 2.05) is 48.7 Å². The van der Waals surface area contributed by atoms with E-state index in [4.69, 9.17) is 5.84 Å². The van der Waals surface area contributed by atoms with Crippen molar-refractivity contribution in [1.82, 2.24) is 14.5 Å². The Kier molecular flexibility index (Phi) is 3.43. The molecule has 100 valence electrons. The molecular weight excluding hydrogens is 250 g/mol. The van der Waals surface area contributed by atoms with Gasteiger partial charge in [-0.3, -0.25) is 0 Å². The summed E-state index contributed by atoms with van der Waals surface area (Å²) in [5.41, 5.74) is 4.73. The summed E-state index contributed by atoms with van der Waals surface area (Å²) in [5.74, 6) is 7.10. The predicted octanol–water partition coefficient (Wildman–Crippen LogP) is 2.28. The molecule has 0 saturated carbocycles. The molecule has 5 nitrogen and oxygen atoms in total. The summed E-state index contributed by atoms with van der Waals surface area (Å²) in [6.45, 7) is 0.664. The van der Waals surface area contributed by atoms with Crippen LogP contribution in [-0.4, -0.2) is 14.5 Å². The number of rotatable bonds is 4. The number of anilines is 1. The quantitative estimate of drug-likeness (QED) is 0.561. The van der Waals surface area contributed by atoms with Gasteiger partial charge in [0, 0.05) is 29.7 Å². The van der Waals surface area contributed by atoms with Crippen LogP contribution in [0.2, 0.25) is 0 Å². The van der Waals surface area contributed by atoms with Gasteiger partial charge < -0.3 is 9.99 Å². The zero-order valence-corrected chi connectivity index (χ0v) is 10.9. The van der Waals surface area contributed by atoms with Crippen molar-refractivity contribution in [3.63, 3.8) is 0 Å². The van der Waals surface area contributed by atoms with Gasteiger partial charge in [0.25, 0.3) is 0 Å². The summed E-state index contributed by atoms with van der Waals surface area (Å²) in [6, 6.07) is 14.0. The first-order valence-corrected chi connectivity index (χ1v) is 6.35. The van der Waals surface area contributed by atoms with E-state index in [0.29, 0.717) is 12.4 Å². The molecule has 0 fully saturated rings. The Hall–Kier alpha value is -2.66. The van der Waals surface area contributed by atoms with Crippen LogP contribution in [0.25, 0.3) is 11.4 Å². The van der Waals surface area contributed by atoms with Crippen LogP contribution < -0.4 is 11.3 Å². The number of hydrogen-bond donors (Lipinski definition) is 2. The molecule has 0 radical (unpaired) electrons. The lowest BCUT2D eigenvalue weighted by atomic mass is 10.2. The van der Waals surface area contributed by atoms with Crippen LogP contribution >= 0.6 is 0 Å². The Morgan fingerprint density at radius 3 is 2.65 bits per heavy atom. The smallest absolute Gasteiger partial charge is 0.144 e. The van der Waals surface area contributed by atoms with Gasteiger partial charge in [-0.2, -0.15) is 0 Å². The largest absolute Gasteiger partial charge is 0.326 e. The molecule has 2 heterocycles. The zero-order valence-electron chi connectivity index (χ0n) is 10.9. The molecule has 3 rings (SSSR count). The molecule has 3 aromatic rings. The Balaban J connectivity index is 1.95. The second-order valence-electron chi connectivity index (χ2n) is 4.40. The lowest BCUT2D eigenvalue weighted by Gasteiger charge is -2.11. The maximum Gasteiger partial charge on any atom is 0.144 e. The molecule has 5 heteroatoms. The fourth-order valence-corrected chi connectivity index (χ4v) is 2.16. The van der Waals surface area contributed by atoms with Crippen LogP contribution in [0, 0.1) is 0 Å². The molecule has 0 saturated heterocycles. The summed E-state index contributed by atoms with van der Waals surface area (Å²) in [4.78, 5) is 8.64. The highest BCUT2D eigenvalue weighted by Gasteiger charge is 2.08. The van der Waals surface area contributed by atoms with Gasteiger partial charge in [0.15, 0.2) is 0 Å². The summed E-state index contributed by atoms with van der Waals surface area (Å²) in [7, 11) is 0. The summed E-state index contributed by atoms with van der Waals surface area (Å²) in [5, 5.41) is 0. The van der Waals surface area contributed by atoms with Gasteiger partial charge in [0.1, 0.15) is 11.6 Å². The molecule has 0 aliphatic heterocycles. The van der Waals surface area contributed by atoms with E-state index in [1.165, 1.54) is 0 Å². The van der Waals surface area contributed by atoms with Crippen LogP contribution in [0.3, 0.4) is 0 Å². The molecule has 0 aliphatic carbocycles. The van der Waals surface area contributed by atoms with Crippen molar-refractivity contribution in [3.05, 3.63) is 66.6 Å². The summed E-state index contributed by atoms with van der Waals surface area (Å²) < 4.78 is 2.08. The highest BCUT2D eigenvalue weighted by atomic mass is 15.3. The molecule has 0 amide bonds. The van der Waals surface area contributed by atoms with E-state index in [2.05, 4.69) is 20.0 Å². The van der Waals surface area contributed by atoms with Crippen molar-refractivity contribution in [2.75, 3.05) is 5.43 Å². The van der Waals surface area contributed by atoms with Crippen molar-refractivity contribution < 1.29 is 0 Å². The molecule has 0 bridgehead atoms. The maximum absolute atomic E-state index is 5.49. The SMILES string of the molecule is NNc1ncccc1Cn1ccnc1-c1ccccc1. The van der Waals surface area contributed by atoms with Crippen LogP contribution in [0.1, 0.15) is 5.56 Å². The highest BCUT2D eigenvalue weighted by Crippen LogP contribution is 2.19. The number of imidazole rings is 1. The molecule has 20 heavy (non-hydrogen) atoms. The van der Waals surface area contributed by atoms with Gasteiger partial charge in [-0.15, -0.1) is 0 Å². The Morgan fingerprint density at radius 2 is 1.85 bits per heavy atom. The van der Waals surface area contributed by atoms with Crippen LogP contribution in [0.4, 0.5) is 5.82 Å². The average Bonchev–Trinajstić information content (AvgIpc) is 2.97. The molecule has 0 atom stereocenters. The topological polar surface area (TPSA) is 68.8 Å². The Bertz CT molecular complexity index is 690. The molecule has 1 aromatic carbocycles. The molecule has 2 aromatic heterocycles. The van der Waals surface area contributed by atoms with E-state index in [1.54, 1.807) is 12.4 Å². The van der Waals surface area contributed by atoms with Crippen molar-refractivity contribution >= 4 is 5.82 Å². The third kappa shape index (κ3) is 2.39. The third-order valence-electron chi connectivity index (χ3n) is 3.12. The number of nitrogens with two attached hydrogens (primary N) is 1. The first kappa shape index (κ1) is 12.4. The van der Waals surface area contributed by atoms with Crippen LogP contribution in [0.5, 0.6) is 0 Å². The number of aromatic nitrogens is 3. The standard InChI is InChI=1S/C15H15N5/c16-19-14-13(7-4-8-17-14)11-20-10-9-18-15(20)12-5-2-1-3-6-12/h1-10H,11,16H2,(H,17,19). The minimum absolute atomic E-state index is 0.664. The maximum atomic E-state index is 5.49. The van der Waals surface area contributed by atoms with Gasteiger partial charge in [-0.05, 0) is 6.07 Å².